The number of aliphatic carboxylic acids is 1. The average Bonchev–Trinajstić information content (AvgIpc) is 2.65. The molecule has 0 atom stereocenters. The van der Waals surface area contributed by atoms with Gasteiger partial charge in [0.1, 0.15) is 5.75 Å². The highest BCUT2D eigenvalue weighted by molar-refractivity contribution is 6.04. The fourth-order valence-electron chi connectivity index (χ4n) is 2.20. The summed E-state index contributed by atoms with van der Waals surface area (Å²) in [4.78, 5) is 34.7. The number of carboxylic acids is 1. The number of hydrogen-bond donors (Lipinski definition) is 3. The minimum Gasteiger partial charge on any atom is -0.482 e. The van der Waals surface area contributed by atoms with Crippen LogP contribution < -0.4 is 15.4 Å². The third-order valence-corrected chi connectivity index (χ3v) is 3.82. The molecule has 0 heterocycles. The van der Waals surface area contributed by atoms with Crippen LogP contribution in [-0.4, -0.2) is 29.5 Å². The molecule has 28 heavy (non-hydrogen) atoms. The van der Waals surface area contributed by atoms with E-state index in [1.165, 1.54) is 0 Å². The zero-order valence-corrected chi connectivity index (χ0v) is 16.1. The minimum atomic E-state index is -1.06. The lowest BCUT2D eigenvalue weighted by Gasteiger charge is -2.17. The van der Waals surface area contributed by atoms with Gasteiger partial charge in [-0.3, -0.25) is 9.59 Å². The molecular formula is C21H24N2O5. The molecule has 0 saturated heterocycles. The summed E-state index contributed by atoms with van der Waals surface area (Å²) < 4.78 is 5.04. The molecule has 2 aromatic carbocycles. The second-order valence-electron chi connectivity index (χ2n) is 7.29. The fourth-order valence-corrected chi connectivity index (χ4v) is 2.20. The minimum absolute atomic E-state index is 0.0369. The summed E-state index contributed by atoms with van der Waals surface area (Å²) in [7, 11) is 0. The number of benzene rings is 2. The molecule has 2 aromatic rings. The van der Waals surface area contributed by atoms with Crippen molar-refractivity contribution in [1.82, 2.24) is 5.32 Å². The van der Waals surface area contributed by atoms with E-state index >= 15 is 0 Å². The molecule has 0 aromatic heterocycles. The van der Waals surface area contributed by atoms with Gasteiger partial charge in [-0.2, -0.15) is 0 Å². The van der Waals surface area contributed by atoms with Crippen molar-refractivity contribution in [2.24, 2.45) is 5.41 Å². The van der Waals surface area contributed by atoms with Gasteiger partial charge in [-0.05, 0) is 42.0 Å². The van der Waals surface area contributed by atoms with Gasteiger partial charge in [-0.15, -0.1) is 0 Å². The summed E-state index contributed by atoms with van der Waals surface area (Å²) in [5, 5.41) is 14.2. The van der Waals surface area contributed by atoms with E-state index in [1.807, 2.05) is 20.8 Å². The van der Waals surface area contributed by atoms with E-state index in [-0.39, 0.29) is 11.8 Å². The van der Waals surface area contributed by atoms with Crippen LogP contribution in [0.25, 0.3) is 0 Å². The average molecular weight is 384 g/mol. The summed E-state index contributed by atoms with van der Waals surface area (Å²) in [6, 6.07) is 13.4. The topological polar surface area (TPSA) is 105 Å². The van der Waals surface area contributed by atoms with Gasteiger partial charge in [-0.1, -0.05) is 32.9 Å². The number of carbonyl (C=O) groups excluding carboxylic acids is 2. The Bertz CT molecular complexity index is 837. The molecule has 7 nitrogen and oxygen atoms in total. The quantitative estimate of drug-likeness (QED) is 0.680. The van der Waals surface area contributed by atoms with Crippen LogP contribution in [0.2, 0.25) is 0 Å². The first-order chi connectivity index (χ1) is 13.1. The van der Waals surface area contributed by atoms with Crippen molar-refractivity contribution in [1.29, 1.82) is 0 Å². The number of carbonyl (C=O) groups is 3. The Morgan fingerprint density at radius 2 is 1.57 bits per heavy atom. The highest BCUT2D eigenvalue weighted by Gasteiger charge is 2.20. The fraction of sp³-hybridized carbons (Fsp3) is 0.286. The van der Waals surface area contributed by atoms with Crippen LogP contribution in [0.15, 0.2) is 48.5 Å². The highest BCUT2D eigenvalue weighted by atomic mass is 16.5. The van der Waals surface area contributed by atoms with Gasteiger partial charge in [-0.25, -0.2) is 4.79 Å². The smallest absolute Gasteiger partial charge is 0.341 e. The molecule has 7 heteroatoms. The summed E-state index contributed by atoms with van der Waals surface area (Å²) in [6.45, 7) is 5.52. The first-order valence-corrected chi connectivity index (χ1v) is 8.78. The summed E-state index contributed by atoms with van der Waals surface area (Å²) >= 11 is 0. The zero-order chi connectivity index (χ0) is 20.7. The molecule has 148 valence electrons. The number of anilines is 1. The van der Waals surface area contributed by atoms with E-state index in [4.69, 9.17) is 9.84 Å². The van der Waals surface area contributed by atoms with Crippen molar-refractivity contribution in [3.05, 3.63) is 59.7 Å². The van der Waals surface area contributed by atoms with Gasteiger partial charge >= 0.3 is 5.97 Å². The predicted molar refractivity (Wildman–Crippen MR) is 105 cm³/mol. The Morgan fingerprint density at radius 1 is 0.964 bits per heavy atom. The Hall–Kier alpha value is -3.35. The molecule has 0 radical (unpaired) electrons. The van der Waals surface area contributed by atoms with Gasteiger partial charge < -0.3 is 20.5 Å². The number of carboxylic acid groups (broad SMARTS) is 1. The Kier molecular flexibility index (Phi) is 6.76. The molecule has 2 rings (SSSR count). The van der Waals surface area contributed by atoms with E-state index < -0.39 is 18.0 Å². The van der Waals surface area contributed by atoms with E-state index in [9.17, 15) is 14.4 Å². The molecule has 0 spiro atoms. The maximum atomic E-state index is 12.3. The van der Waals surface area contributed by atoms with Gasteiger partial charge in [0.2, 0.25) is 5.91 Å². The van der Waals surface area contributed by atoms with Crippen molar-refractivity contribution in [3.8, 4) is 5.75 Å². The van der Waals surface area contributed by atoms with E-state index in [0.717, 1.165) is 5.56 Å². The second-order valence-corrected chi connectivity index (χ2v) is 7.29. The SMILES string of the molecule is CC(C)(C)C(=O)NCc1ccc(C(=O)Nc2ccc(OCC(=O)O)cc2)cc1. The highest BCUT2D eigenvalue weighted by Crippen LogP contribution is 2.17. The third kappa shape index (κ3) is 6.42. The first kappa shape index (κ1) is 21.0. The monoisotopic (exact) mass is 384 g/mol. The Labute approximate surface area is 163 Å². The van der Waals surface area contributed by atoms with Crippen LogP contribution in [0.4, 0.5) is 5.69 Å². The van der Waals surface area contributed by atoms with Gasteiger partial charge in [0.05, 0.1) is 0 Å². The predicted octanol–water partition coefficient (Wildman–Crippen LogP) is 3.06. The zero-order valence-electron chi connectivity index (χ0n) is 16.1. The van der Waals surface area contributed by atoms with Gasteiger partial charge in [0.25, 0.3) is 5.91 Å². The molecule has 0 fully saturated rings. The van der Waals surface area contributed by atoms with Crippen LogP contribution in [-0.2, 0) is 16.1 Å². The Morgan fingerprint density at radius 3 is 2.11 bits per heavy atom. The largest absolute Gasteiger partial charge is 0.482 e. The third-order valence-electron chi connectivity index (χ3n) is 3.82. The van der Waals surface area contributed by atoms with Crippen LogP contribution in [0.1, 0.15) is 36.7 Å². The summed E-state index contributed by atoms with van der Waals surface area (Å²) in [5.74, 6) is -0.963. The lowest BCUT2D eigenvalue weighted by Crippen LogP contribution is -2.34. The molecule has 0 aliphatic carbocycles. The van der Waals surface area contributed by atoms with Crippen LogP contribution in [0.5, 0.6) is 5.75 Å². The molecule has 0 unspecified atom stereocenters. The van der Waals surface area contributed by atoms with Gasteiger partial charge in [0, 0.05) is 23.2 Å². The molecule has 0 aliphatic heterocycles. The lowest BCUT2D eigenvalue weighted by atomic mass is 9.95. The normalized spacial score (nSPS) is 10.8. The second kappa shape index (κ2) is 9.03. The van der Waals surface area contributed by atoms with E-state index in [2.05, 4.69) is 10.6 Å². The number of ether oxygens (including phenoxy) is 1. The number of hydrogen-bond acceptors (Lipinski definition) is 4. The van der Waals surface area contributed by atoms with Crippen LogP contribution in [0.3, 0.4) is 0 Å². The first-order valence-electron chi connectivity index (χ1n) is 8.78. The maximum Gasteiger partial charge on any atom is 0.341 e. The van der Waals surface area contributed by atoms with Crippen molar-refractivity contribution >= 4 is 23.5 Å². The summed E-state index contributed by atoms with van der Waals surface area (Å²) in [6.07, 6.45) is 0. The number of amides is 2. The van der Waals surface area contributed by atoms with Crippen molar-refractivity contribution in [2.45, 2.75) is 27.3 Å². The molecule has 0 saturated carbocycles. The molecule has 2 amide bonds. The molecule has 3 N–H and O–H groups in total. The lowest BCUT2D eigenvalue weighted by molar-refractivity contribution is -0.139. The standard InChI is InChI=1S/C21H24N2O5/c1-21(2,3)20(27)22-12-14-4-6-15(7-5-14)19(26)23-16-8-10-17(11-9-16)28-13-18(24)25/h4-11H,12-13H2,1-3H3,(H,22,27)(H,23,26)(H,24,25). The Balaban J connectivity index is 1.90. The van der Waals surface area contributed by atoms with Crippen molar-refractivity contribution < 1.29 is 24.2 Å². The van der Waals surface area contributed by atoms with Crippen LogP contribution >= 0.6 is 0 Å². The molecule has 0 bridgehead atoms. The maximum absolute atomic E-state index is 12.3. The number of nitrogens with one attached hydrogen (secondary N) is 2. The summed E-state index contributed by atoms with van der Waals surface area (Å²) in [5.41, 5.74) is 1.49. The van der Waals surface area contributed by atoms with Gasteiger partial charge in [0.15, 0.2) is 6.61 Å². The van der Waals surface area contributed by atoms with Crippen LogP contribution in [0, 0.1) is 5.41 Å². The van der Waals surface area contributed by atoms with E-state index in [0.29, 0.717) is 23.5 Å². The molecular weight excluding hydrogens is 360 g/mol. The van der Waals surface area contributed by atoms with Crippen molar-refractivity contribution in [3.63, 3.8) is 0 Å². The number of rotatable bonds is 7. The van der Waals surface area contributed by atoms with E-state index in [1.54, 1.807) is 48.5 Å². The van der Waals surface area contributed by atoms with Crippen molar-refractivity contribution in [2.75, 3.05) is 11.9 Å². The molecule has 0 aliphatic rings.